The first-order valence-electron chi connectivity index (χ1n) is 9.17. The summed E-state index contributed by atoms with van der Waals surface area (Å²) in [5.41, 5.74) is 1.51. The molecule has 2 aromatic carbocycles. The standard InChI is InChI=1S/C22H17ClN2O5/c23-15-9-7-14(8-10-15)17-12-18(20-6-3-11-29-20)25(24-17)21(27)13-30-22(28)16-4-1-2-5-19(16)26/h1-11,18,26H,12-13H2/t18-/m0/s1. The first kappa shape index (κ1) is 19.7. The lowest BCUT2D eigenvalue weighted by atomic mass is 10.0. The Bertz CT molecular complexity index is 1090. The average molecular weight is 425 g/mol. The van der Waals surface area contributed by atoms with E-state index in [4.69, 9.17) is 20.8 Å². The molecule has 0 saturated carbocycles. The number of phenolic OH excluding ortho intramolecular Hbond substituents is 1. The molecule has 1 amide bonds. The van der Waals surface area contributed by atoms with Crippen molar-refractivity contribution < 1.29 is 23.8 Å². The van der Waals surface area contributed by atoms with Crippen LogP contribution < -0.4 is 0 Å². The summed E-state index contributed by atoms with van der Waals surface area (Å²) in [7, 11) is 0. The molecule has 1 aliphatic heterocycles. The number of carbonyl (C=O) groups is 2. The van der Waals surface area contributed by atoms with Crippen LogP contribution in [0, 0.1) is 0 Å². The predicted molar refractivity (Wildman–Crippen MR) is 109 cm³/mol. The number of phenols is 1. The van der Waals surface area contributed by atoms with Gasteiger partial charge in [-0.05, 0) is 42.0 Å². The summed E-state index contributed by atoms with van der Waals surface area (Å²) < 4.78 is 10.6. The van der Waals surface area contributed by atoms with E-state index in [-0.39, 0.29) is 11.3 Å². The van der Waals surface area contributed by atoms with Crippen molar-refractivity contribution in [1.29, 1.82) is 0 Å². The second-order valence-corrected chi connectivity index (χ2v) is 7.06. The minimum atomic E-state index is -0.794. The number of para-hydroxylation sites is 1. The minimum absolute atomic E-state index is 0.0142. The number of hydrazone groups is 1. The van der Waals surface area contributed by atoms with Gasteiger partial charge in [0.2, 0.25) is 0 Å². The zero-order valence-electron chi connectivity index (χ0n) is 15.7. The molecule has 1 aliphatic rings. The number of amides is 1. The Kier molecular flexibility index (Phi) is 5.54. The predicted octanol–water partition coefficient (Wildman–Crippen LogP) is 4.17. The largest absolute Gasteiger partial charge is 0.507 e. The van der Waals surface area contributed by atoms with Gasteiger partial charge in [-0.2, -0.15) is 5.10 Å². The quantitative estimate of drug-likeness (QED) is 0.620. The van der Waals surface area contributed by atoms with E-state index in [9.17, 15) is 14.7 Å². The van der Waals surface area contributed by atoms with Gasteiger partial charge in [0.05, 0.1) is 12.0 Å². The maximum Gasteiger partial charge on any atom is 0.342 e. The van der Waals surface area contributed by atoms with Crippen molar-refractivity contribution in [3.8, 4) is 5.75 Å². The van der Waals surface area contributed by atoms with E-state index in [1.807, 2.05) is 12.1 Å². The molecule has 0 aliphatic carbocycles. The number of ether oxygens (including phenoxy) is 1. The van der Waals surface area contributed by atoms with Crippen LogP contribution in [-0.4, -0.2) is 34.3 Å². The topological polar surface area (TPSA) is 92.3 Å². The van der Waals surface area contributed by atoms with Gasteiger partial charge in [0, 0.05) is 11.4 Å². The van der Waals surface area contributed by atoms with Crippen molar-refractivity contribution >= 4 is 29.2 Å². The van der Waals surface area contributed by atoms with Gasteiger partial charge < -0.3 is 14.3 Å². The monoisotopic (exact) mass is 424 g/mol. The fraction of sp³-hybridized carbons (Fsp3) is 0.136. The number of hydrogen-bond donors (Lipinski definition) is 1. The molecule has 7 nitrogen and oxygen atoms in total. The number of esters is 1. The molecule has 0 bridgehead atoms. The van der Waals surface area contributed by atoms with Crippen molar-refractivity contribution in [2.24, 2.45) is 5.10 Å². The molecular weight excluding hydrogens is 408 g/mol. The van der Waals surface area contributed by atoms with Crippen LogP contribution >= 0.6 is 11.6 Å². The highest BCUT2D eigenvalue weighted by Gasteiger charge is 2.35. The van der Waals surface area contributed by atoms with E-state index in [2.05, 4.69) is 5.10 Å². The van der Waals surface area contributed by atoms with Gasteiger partial charge in [0.15, 0.2) is 6.61 Å². The van der Waals surface area contributed by atoms with Crippen molar-refractivity contribution in [2.75, 3.05) is 6.61 Å². The van der Waals surface area contributed by atoms with Crippen LogP contribution in [0.3, 0.4) is 0 Å². The second kappa shape index (κ2) is 8.42. The summed E-state index contributed by atoms with van der Waals surface area (Å²) >= 11 is 5.95. The highest BCUT2D eigenvalue weighted by Crippen LogP contribution is 2.33. The Morgan fingerprint density at radius 2 is 1.90 bits per heavy atom. The Balaban J connectivity index is 1.52. The normalized spacial score (nSPS) is 15.7. The molecule has 2 heterocycles. The third-order valence-corrected chi connectivity index (χ3v) is 4.92. The SMILES string of the molecule is O=C(OCC(=O)N1N=C(c2ccc(Cl)cc2)C[C@H]1c1ccco1)c1ccccc1O. The third kappa shape index (κ3) is 4.06. The van der Waals surface area contributed by atoms with Crippen molar-refractivity contribution in [3.63, 3.8) is 0 Å². The van der Waals surface area contributed by atoms with Crippen molar-refractivity contribution in [1.82, 2.24) is 5.01 Å². The molecule has 1 N–H and O–H groups in total. The van der Waals surface area contributed by atoms with Gasteiger partial charge in [0.25, 0.3) is 5.91 Å². The number of benzene rings is 2. The van der Waals surface area contributed by atoms with E-state index in [1.54, 1.807) is 36.4 Å². The Morgan fingerprint density at radius 1 is 1.13 bits per heavy atom. The summed E-state index contributed by atoms with van der Waals surface area (Å²) in [5.74, 6) is -0.947. The Hall–Kier alpha value is -3.58. The molecule has 4 rings (SSSR count). The maximum atomic E-state index is 12.8. The number of furan rings is 1. The number of rotatable bonds is 5. The average Bonchev–Trinajstić information content (AvgIpc) is 3.42. The summed E-state index contributed by atoms with van der Waals surface area (Å²) in [4.78, 5) is 25.0. The molecule has 0 saturated heterocycles. The lowest BCUT2D eigenvalue weighted by Gasteiger charge is -2.19. The molecule has 1 atom stereocenters. The second-order valence-electron chi connectivity index (χ2n) is 6.62. The fourth-order valence-corrected chi connectivity index (χ4v) is 3.30. The van der Waals surface area contributed by atoms with E-state index in [0.29, 0.717) is 22.9 Å². The van der Waals surface area contributed by atoms with Crippen LogP contribution in [-0.2, 0) is 9.53 Å². The first-order chi connectivity index (χ1) is 14.5. The highest BCUT2D eigenvalue weighted by molar-refractivity contribution is 6.30. The van der Waals surface area contributed by atoms with Gasteiger partial charge >= 0.3 is 5.97 Å². The molecular formula is C22H17ClN2O5. The summed E-state index contributed by atoms with van der Waals surface area (Å²) in [5, 5.41) is 16.1. The molecule has 3 aromatic rings. The van der Waals surface area contributed by atoms with Crippen LogP contribution in [0.25, 0.3) is 0 Å². The van der Waals surface area contributed by atoms with E-state index in [0.717, 1.165) is 5.56 Å². The highest BCUT2D eigenvalue weighted by atomic mass is 35.5. The number of carbonyl (C=O) groups excluding carboxylic acids is 2. The van der Waals surface area contributed by atoms with Gasteiger partial charge in [-0.1, -0.05) is 35.9 Å². The van der Waals surface area contributed by atoms with E-state index in [1.165, 1.54) is 23.4 Å². The van der Waals surface area contributed by atoms with Gasteiger partial charge in [-0.3, -0.25) is 4.79 Å². The van der Waals surface area contributed by atoms with Crippen molar-refractivity contribution in [2.45, 2.75) is 12.5 Å². The molecule has 0 unspecified atom stereocenters. The Morgan fingerprint density at radius 3 is 2.60 bits per heavy atom. The van der Waals surface area contributed by atoms with Crippen LogP contribution in [0.15, 0.2) is 76.4 Å². The summed E-state index contributed by atoms with van der Waals surface area (Å²) in [6.45, 7) is -0.526. The lowest BCUT2D eigenvalue weighted by molar-refractivity contribution is -0.136. The molecule has 8 heteroatoms. The number of hydrogen-bond acceptors (Lipinski definition) is 6. The van der Waals surface area contributed by atoms with Gasteiger partial charge in [0.1, 0.15) is 23.1 Å². The summed E-state index contributed by atoms with van der Waals surface area (Å²) in [6.07, 6.45) is 1.96. The lowest BCUT2D eigenvalue weighted by Crippen LogP contribution is -2.31. The maximum absolute atomic E-state index is 12.8. The fourth-order valence-electron chi connectivity index (χ4n) is 3.18. The van der Waals surface area contributed by atoms with Gasteiger partial charge in [-0.25, -0.2) is 9.80 Å². The van der Waals surface area contributed by atoms with Crippen LogP contribution in [0.5, 0.6) is 5.75 Å². The number of aromatic hydroxyl groups is 1. The van der Waals surface area contributed by atoms with E-state index >= 15 is 0 Å². The van der Waals surface area contributed by atoms with Gasteiger partial charge in [-0.15, -0.1) is 0 Å². The summed E-state index contributed by atoms with van der Waals surface area (Å²) in [6, 6.07) is 16.2. The van der Waals surface area contributed by atoms with Crippen LogP contribution in [0.4, 0.5) is 0 Å². The minimum Gasteiger partial charge on any atom is -0.507 e. The molecule has 0 radical (unpaired) electrons. The number of nitrogens with zero attached hydrogens (tertiary/aromatic N) is 2. The van der Waals surface area contributed by atoms with Crippen molar-refractivity contribution in [3.05, 3.63) is 88.8 Å². The van der Waals surface area contributed by atoms with Crippen LogP contribution in [0.1, 0.15) is 34.1 Å². The molecule has 30 heavy (non-hydrogen) atoms. The number of halogens is 1. The molecule has 0 spiro atoms. The Labute approximate surface area is 177 Å². The molecule has 0 fully saturated rings. The zero-order chi connectivity index (χ0) is 21.1. The van der Waals surface area contributed by atoms with Crippen LogP contribution in [0.2, 0.25) is 5.02 Å². The molecule has 1 aromatic heterocycles. The first-order valence-corrected chi connectivity index (χ1v) is 9.54. The third-order valence-electron chi connectivity index (χ3n) is 4.67. The molecule has 152 valence electrons. The zero-order valence-corrected chi connectivity index (χ0v) is 16.5. The smallest absolute Gasteiger partial charge is 0.342 e. The van der Waals surface area contributed by atoms with E-state index < -0.39 is 24.5 Å².